The largest absolute Gasteiger partial charge is 0.320 e. The standard InChI is InChI=1S/C25H22N4O4S/c1-17-8-14-22(15-9-17)34(32,33)28-20-12-10-19(11-13-20)26-25(31)24-23(30)16-18(2)29(27-24)21-6-4-3-5-7-21/h3-16,28H,1-2H3,(H,26,31). The molecular formula is C25H22N4O4S. The Balaban J connectivity index is 1.51. The van der Waals surface area contributed by atoms with Crippen LogP contribution in [0.3, 0.4) is 0 Å². The predicted molar refractivity (Wildman–Crippen MR) is 131 cm³/mol. The van der Waals surface area contributed by atoms with Crippen molar-refractivity contribution in [1.29, 1.82) is 0 Å². The summed E-state index contributed by atoms with van der Waals surface area (Å²) in [6.45, 7) is 3.61. The number of hydrogen-bond acceptors (Lipinski definition) is 5. The molecule has 0 aliphatic carbocycles. The molecule has 0 radical (unpaired) electrons. The first-order valence-electron chi connectivity index (χ1n) is 10.4. The van der Waals surface area contributed by atoms with Gasteiger partial charge in [-0.25, -0.2) is 13.1 Å². The Morgan fingerprint density at radius 1 is 0.853 bits per heavy atom. The summed E-state index contributed by atoms with van der Waals surface area (Å²) >= 11 is 0. The minimum Gasteiger partial charge on any atom is -0.320 e. The van der Waals surface area contributed by atoms with Crippen LogP contribution in [0.5, 0.6) is 0 Å². The lowest BCUT2D eigenvalue weighted by Gasteiger charge is -2.12. The summed E-state index contributed by atoms with van der Waals surface area (Å²) in [5.41, 5.74) is 2.24. The molecule has 4 rings (SSSR count). The molecule has 9 heteroatoms. The van der Waals surface area contributed by atoms with Gasteiger partial charge in [-0.15, -0.1) is 0 Å². The van der Waals surface area contributed by atoms with Crippen LogP contribution in [-0.4, -0.2) is 24.1 Å². The molecule has 0 fully saturated rings. The van der Waals surface area contributed by atoms with Crippen molar-refractivity contribution in [3.05, 3.63) is 112 Å². The molecule has 0 bridgehead atoms. The second-order valence-electron chi connectivity index (χ2n) is 7.70. The third kappa shape index (κ3) is 5.05. The van der Waals surface area contributed by atoms with Crippen molar-refractivity contribution in [3.63, 3.8) is 0 Å². The number of benzene rings is 3. The normalized spacial score (nSPS) is 11.1. The van der Waals surface area contributed by atoms with E-state index in [2.05, 4.69) is 15.1 Å². The van der Waals surface area contributed by atoms with E-state index in [-0.39, 0.29) is 10.6 Å². The van der Waals surface area contributed by atoms with Crippen molar-refractivity contribution in [2.24, 2.45) is 0 Å². The van der Waals surface area contributed by atoms with Gasteiger partial charge in [0.25, 0.3) is 15.9 Å². The van der Waals surface area contributed by atoms with Gasteiger partial charge in [-0.1, -0.05) is 35.9 Å². The van der Waals surface area contributed by atoms with Crippen molar-refractivity contribution in [2.45, 2.75) is 18.7 Å². The Labute approximate surface area is 196 Å². The number of hydrogen-bond donors (Lipinski definition) is 2. The Kier molecular flexibility index (Phi) is 6.29. The molecule has 3 aromatic carbocycles. The summed E-state index contributed by atoms with van der Waals surface area (Å²) in [5, 5.41) is 6.88. The summed E-state index contributed by atoms with van der Waals surface area (Å²) in [6.07, 6.45) is 0. The van der Waals surface area contributed by atoms with Crippen LogP contribution in [0, 0.1) is 13.8 Å². The summed E-state index contributed by atoms with van der Waals surface area (Å²) in [6, 6.07) is 23.2. The smallest absolute Gasteiger partial charge is 0.280 e. The fourth-order valence-corrected chi connectivity index (χ4v) is 4.34. The topological polar surface area (TPSA) is 110 Å². The van der Waals surface area contributed by atoms with Gasteiger partial charge >= 0.3 is 0 Å². The van der Waals surface area contributed by atoms with Crippen LogP contribution in [0.4, 0.5) is 11.4 Å². The van der Waals surface area contributed by atoms with E-state index < -0.39 is 21.4 Å². The SMILES string of the molecule is Cc1ccc(S(=O)(=O)Nc2ccc(NC(=O)c3nn(-c4ccccc4)c(C)cc3=O)cc2)cc1. The van der Waals surface area contributed by atoms with E-state index in [0.717, 1.165) is 11.3 Å². The molecule has 0 saturated carbocycles. The maximum Gasteiger partial charge on any atom is 0.280 e. The minimum absolute atomic E-state index is 0.149. The maximum atomic E-state index is 12.8. The number of carbonyl (C=O) groups is 1. The molecule has 4 aromatic rings. The number of aryl methyl sites for hydroxylation is 2. The number of carbonyl (C=O) groups excluding carboxylic acids is 1. The van der Waals surface area contributed by atoms with Gasteiger partial charge in [0.1, 0.15) is 0 Å². The fraction of sp³-hybridized carbons (Fsp3) is 0.0800. The van der Waals surface area contributed by atoms with E-state index in [1.54, 1.807) is 19.1 Å². The summed E-state index contributed by atoms with van der Waals surface area (Å²) in [5.74, 6) is -0.664. The number of para-hydroxylation sites is 1. The number of sulfonamides is 1. The lowest BCUT2D eigenvalue weighted by molar-refractivity contribution is 0.101. The zero-order chi connectivity index (χ0) is 24.3. The highest BCUT2D eigenvalue weighted by Gasteiger charge is 2.17. The van der Waals surface area contributed by atoms with Crippen LogP contribution in [0.2, 0.25) is 0 Å². The van der Waals surface area contributed by atoms with Gasteiger partial charge in [-0.2, -0.15) is 5.10 Å². The fourth-order valence-electron chi connectivity index (χ4n) is 3.28. The third-order valence-electron chi connectivity index (χ3n) is 5.05. The van der Waals surface area contributed by atoms with Gasteiger partial charge in [0.05, 0.1) is 10.6 Å². The van der Waals surface area contributed by atoms with Crippen LogP contribution < -0.4 is 15.5 Å². The zero-order valence-corrected chi connectivity index (χ0v) is 19.3. The maximum absolute atomic E-state index is 12.8. The molecule has 0 unspecified atom stereocenters. The molecule has 2 N–H and O–H groups in total. The molecule has 34 heavy (non-hydrogen) atoms. The summed E-state index contributed by atoms with van der Waals surface area (Å²) < 4.78 is 29.1. The highest BCUT2D eigenvalue weighted by Crippen LogP contribution is 2.19. The molecule has 8 nitrogen and oxygen atoms in total. The van der Waals surface area contributed by atoms with Crippen molar-refractivity contribution in [2.75, 3.05) is 10.0 Å². The first kappa shape index (κ1) is 22.9. The van der Waals surface area contributed by atoms with Gasteiger partial charge in [-0.3, -0.25) is 14.3 Å². The monoisotopic (exact) mass is 474 g/mol. The van der Waals surface area contributed by atoms with Crippen LogP contribution in [-0.2, 0) is 10.0 Å². The first-order valence-corrected chi connectivity index (χ1v) is 11.9. The van der Waals surface area contributed by atoms with E-state index in [4.69, 9.17) is 0 Å². The average molecular weight is 475 g/mol. The lowest BCUT2D eigenvalue weighted by Crippen LogP contribution is -2.26. The minimum atomic E-state index is -3.74. The van der Waals surface area contributed by atoms with Gasteiger partial charge in [-0.05, 0) is 62.4 Å². The van der Waals surface area contributed by atoms with Crippen LogP contribution in [0.25, 0.3) is 5.69 Å². The number of nitrogens with zero attached hydrogens (tertiary/aromatic N) is 2. The second kappa shape index (κ2) is 9.32. The molecule has 0 spiro atoms. The Bertz CT molecular complexity index is 1500. The third-order valence-corrected chi connectivity index (χ3v) is 6.45. The molecule has 1 heterocycles. The number of anilines is 2. The second-order valence-corrected chi connectivity index (χ2v) is 9.38. The van der Waals surface area contributed by atoms with E-state index in [9.17, 15) is 18.0 Å². The molecule has 0 aliphatic rings. The molecule has 0 saturated heterocycles. The molecule has 1 aromatic heterocycles. The van der Waals surface area contributed by atoms with Crippen molar-refractivity contribution < 1.29 is 13.2 Å². The van der Waals surface area contributed by atoms with Gasteiger partial charge < -0.3 is 5.32 Å². The quantitative estimate of drug-likeness (QED) is 0.440. The average Bonchev–Trinajstić information content (AvgIpc) is 2.81. The highest BCUT2D eigenvalue weighted by molar-refractivity contribution is 7.92. The van der Waals surface area contributed by atoms with E-state index in [1.165, 1.54) is 47.1 Å². The number of rotatable bonds is 6. The van der Waals surface area contributed by atoms with E-state index >= 15 is 0 Å². The van der Waals surface area contributed by atoms with Crippen LogP contribution in [0.15, 0.2) is 94.6 Å². The van der Waals surface area contributed by atoms with Crippen molar-refractivity contribution in [3.8, 4) is 5.69 Å². The van der Waals surface area contributed by atoms with Gasteiger partial charge in [0.2, 0.25) is 5.43 Å². The zero-order valence-electron chi connectivity index (χ0n) is 18.5. The van der Waals surface area contributed by atoms with E-state index in [1.807, 2.05) is 37.3 Å². The van der Waals surface area contributed by atoms with E-state index in [0.29, 0.717) is 17.1 Å². The molecular weight excluding hydrogens is 452 g/mol. The highest BCUT2D eigenvalue weighted by atomic mass is 32.2. The molecule has 172 valence electrons. The van der Waals surface area contributed by atoms with Gasteiger partial charge in [0.15, 0.2) is 5.69 Å². The molecule has 0 atom stereocenters. The van der Waals surface area contributed by atoms with Crippen molar-refractivity contribution in [1.82, 2.24) is 9.78 Å². The number of nitrogens with one attached hydrogen (secondary N) is 2. The molecule has 1 amide bonds. The lowest BCUT2D eigenvalue weighted by atomic mass is 10.2. The Morgan fingerprint density at radius 2 is 1.47 bits per heavy atom. The van der Waals surface area contributed by atoms with Crippen LogP contribution >= 0.6 is 0 Å². The summed E-state index contributed by atoms with van der Waals surface area (Å²) in [7, 11) is -3.74. The predicted octanol–water partition coefficient (Wildman–Crippen LogP) is 3.90. The Hall–Kier alpha value is -4.24. The number of amides is 1. The first-order chi connectivity index (χ1) is 16.2. The van der Waals surface area contributed by atoms with Crippen molar-refractivity contribution >= 4 is 27.3 Å². The Morgan fingerprint density at radius 3 is 2.12 bits per heavy atom. The van der Waals surface area contributed by atoms with Gasteiger partial charge in [0, 0.05) is 23.1 Å². The van der Waals surface area contributed by atoms with Crippen LogP contribution in [0.1, 0.15) is 21.7 Å². The number of aromatic nitrogens is 2. The summed E-state index contributed by atoms with van der Waals surface area (Å²) in [4.78, 5) is 25.3. The molecule has 0 aliphatic heterocycles.